The van der Waals surface area contributed by atoms with Crippen molar-refractivity contribution in [2.45, 2.75) is 32.6 Å². The van der Waals surface area contributed by atoms with E-state index in [0.717, 1.165) is 0 Å². The lowest BCUT2D eigenvalue weighted by Gasteiger charge is -2.05. The van der Waals surface area contributed by atoms with Gasteiger partial charge in [0.05, 0.1) is 11.9 Å². The molecular weight excluding hydrogens is 310 g/mol. The molecule has 0 aliphatic rings. The van der Waals surface area contributed by atoms with Crippen LogP contribution in [-0.4, -0.2) is 35.8 Å². The van der Waals surface area contributed by atoms with Crippen molar-refractivity contribution >= 4 is 11.6 Å². The number of carbonyl (C=O) groups is 1. The third kappa shape index (κ3) is 3.80. The van der Waals surface area contributed by atoms with Crippen LogP contribution in [0.1, 0.15) is 37.9 Å². The Morgan fingerprint density at radius 1 is 1.38 bits per heavy atom. The summed E-state index contributed by atoms with van der Waals surface area (Å²) in [6.07, 6.45) is 5.20. The van der Waals surface area contributed by atoms with Crippen LogP contribution in [0.3, 0.4) is 0 Å². The zero-order chi connectivity index (χ0) is 16.9. The summed E-state index contributed by atoms with van der Waals surface area (Å²) < 4.78 is 6.65. The van der Waals surface area contributed by atoms with Crippen LogP contribution in [0.2, 0.25) is 0 Å². The number of nitrogens with one attached hydrogen (secondary N) is 1. The van der Waals surface area contributed by atoms with E-state index < -0.39 is 0 Å². The molecule has 0 spiro atoms. The molecule has 0 saturated heterocycles. The minimum Gasteiger partial charge on any atom is -0.339 e. The summed E-state index contributed by atoms with van der Waals surface area (Å²) in [5.41, 5.74) is 0.609. The van der Waals surface area contributed by atoms with Crippen LogP contribution in [0.25, 0.3) is 5.82 Å². The maximum atomic E-state index is 12.0. The average Bonchev–Trinajstić information content (AvgIpc) is 3.25. The largest absolute Gasteiger partial charge is 0.339 e. The van der Waals surface area contributed by atoms with Crippen LogP contribution < -0.4 is 5.32 Å². The predicted molar refractivity (Wildman–Crippen MR) is 84.5 cm³/mol. The van der Waals surface area contributed by atoms with Gasteiger partial charge < -0.3 is 9.84 Å². The Balaban J connectivity index is 1.52. The van der Waals surface area contributed by atoms with Gasteiger partial charge in [0.2, 0.25) is 11.8 Å². The second-order valence-corrected chi connectivity index (χ2v) is 5.49. The van der Waals surface area contributed by atoms with Gasteiger partial charge in [-0.3, -0.25) is 4.79 Å². The molecule has 0 atom stereocenters. The fraction of sp³-hybridized carbons (Fsp3) is 0.333. The first-order chi connectivity index (χ1) is 11.6. The molecule has 0 aliphatic carbocycles. The van der Waals surface area contributed by atoms with Gasteiger partial charge in [-0.2, -0.15) is 10.1 Å². The van der Waals surface area contributed by atoms with Crippen LogP contribution >= 0.6 is 0 Å². The van der Waals surface area contributed by atoms with Gasteiger partial charge in [0.1, 0.15) is 12.7 Å². The molecule has 9 heteroatoms. The van der Waals surface area contributed by atoms with Gasteiger partial charge in [0.15, 0.2) is 11.6 Å². The van der Waals surface area contributed by atoms with E-state index in [2.05, 4.69) is 30.5 Å². The van der Waals surface area contributed by atoms with Gasteiger partial charge in [-0.05, 0) is 12.1 Å². The lowest BCUT2D eigenvalue weighted by molar-refractivity contribution is -0.116. The summed E-state index contributed by atoms with van der Waals surface area (Å²) in [5, 5.41) is 10.6. The molecule has 0 aliphatic heterocycles. The predicted octanol–water partition coefficient (Wildman–Crippen LogP) is 1.74. The Bertz CT molecular complexity index is 794. The molecule has 3 aromatic heterocycles. The van der Waals surface area contributed by atoms with Gasteiger partial charge in [-0.1, -0.05) is 19.0 Å². The molecule has 0 aromatic carbocycles. The molecule has 0 bridgehead atoms. The van der Waals surface area contributed by atoms with Crippen LogP contribution in [0.4, 0.5) is 5.69 Å². The molecule has 1 N–H and O–H groups in total. The van der Waals surface area contributed by atoms with Gasteiger partial charge in [0.25, 0.3) is 0 Å². The molecular formula is C15H17N7O2. The Kier molecular flexibility index (Phi) is 4.59. The highest BCUT2D eigenvalue weighted by atomic mass is 16.5. The standard InChI is InChI=1S/C15H17N7O2/c1-10(2)15-20-14(24-21-15)6-5-13(23)19-11-3-4-12(17-7-11)22-9-16-8-18-22/h3-4,7-10H,5-6H2,1-2H3,(H,19,23). The highest BCUT2D eigenvalue weighted by molar-refractivity contribution is 5.90. The van der Waals surface area contributed by atoms with Gasteiger partial charge in [-0.15, -0.1) is 0 Å². The van der Waals surface area contributed by atoms with E-state index in [1.54, 1.807) is 24.7 Å². The zero-order valence-corrected chi connectivity index (χ0v) is 13.4. The SMILES string of the molecule is CC(C)c1noc(CCC(=O)Nc2ccc(-n3cncn3)nc2)n1. The molecule has 24 heavy (non-hydrogen) atoms. The fourth-order valence-corrected chi connectivity index (χ4v) is 1.97. The average molecular weight is 327 g/mol. The minimum atomic E-state index is -0.144. The Morgan fingerprint density at radius 2 is 2.25 bits per heavy atom. The first-order valence-corrected chi connectivity index (χ1v) is 7.55. The Labute approximate surface area is 138 Å². The number of rotatable bonds is 6. The van der Waals surface area contributed by atoms with E-state index in [1.165, 1.54) is 11.0 Å². The molecule has 3 rings (SSSR count). The summed E-state index contributed by atoms with van der Waals surface area (Å²) in [6, 6.07) is 3.50. The van der Waals surface area contributed by atoms with Crippen molar-refractivity contribution in [3.8, 4) is 5.82 Å². The van der Waals surface area contributed by atoms with E-state index in [1.807, 2.05) is 13.8 Å². The molecule has 1 amide bonds. The van der Waals surface area contributed by atoms with E-state index in [9.17, 15) is 4.79 Å². The zero-order valence-electron chi connectivity index (χ0n) is 13.4. The van der Waals surface area contributed by atoms with Crippen molar-refractivity contribution in [2.75, 3.05) is 5.32 Å². The monoisotopic (exact) mass is 327 g/mol. The molecule has 3 heterocycles. The van der Waals surface area contributed by atoms with Crippen molar-refractivity contribution in [2.24, 2.45) is 0 Å². The third-order valence-corrected chi connectivity index (χ3v) is 3.25. The number of anilines is 1. The second-order valence-electron chi connectivity index (χ2n) is 5.49. The van der Waals surface area contributed by atoms with Crippen LogP contribution in [0, 0.1) is 0 Å². The maximum Gasteiger partial charge on any atom is 0.227 e. The van der Waals surface area contributed by atoms with E-state index >= 15 is 0 Å². The quantitative estimate of drug-likeness (QED) is 0.734. The van der Waals surface area contributed by atoms with Crippen molar-refractivity contribution in [3.63, 3.8) is 0 Å². The fourth-order valence-electron chi connectivity index (χ4n) is 1.97. The molecule has 0 unspecified atom stereocenters. The molecule has 0 radical (unpaired) electrons. The highest BCUT2D eigenvalue weighted by Crippen LogP contribution is 2.12. The van der Waals surface area contributed by atoms with Crippen molar-refractivity contribution < 1.29 is 9.32 Å². The second kappa shape index (κ2) is 6.99. The topological polar surface area (TPSA) is 112 Å². The third-order valence-electron chi connectivity index (χ3n) is 3.25. The highest BCUT2D eigenvalue weighted by Gasteiger charge is 2.11. The molecule has 9 nitrogen and oxygen atoms in total. The van der Waals surface area contributed by atoms with Crippen LogP contribution in [-0.2, 0) is 11.2 Å². The van der Waals surface area contributed by atoms with E-state index in [-0.39, 0.29) is 18.2 Å². The number of nitrogens with zero attached hydrogens (tertiary/aromatic N) is 6. The molecule has 0 saturated carbocycles. The van der Waals surface area contributed by atoms with E-state index in [0.29, 0.717) is 29.6 Å². The van der Waals surface area contributed by atoms with Crippen molar-refractivity contribution in [1.82, 2.24) is 29.9 Å². The summed E-state index contributed by atoms with van der Waals surface area (Å²) in [7, 11) is 0. The first-order valence-electron chi connectivity index (χ1n) is 7.55. The number of pyridine rings is 1. The van der Waals surface area contributed by atoms with Crippen LogP contribution in [0.5, 0.6) is 0 Å². The number of hydrogen-bond donors (Lipinski definition) is 1. The minimum absolute atomic E-state index is 0.144. The molecule has 3 aromatic rings. The number of aryl methyl sites for hydroxylation is 1. The van der Waals surface area contributed by atoms with Gasteiger partial charge in [0, 0.05) is 18.8 Å². The summed E-state index contributed by atoms with van der Waals surface area (Å²) in [5.74, 6) is 1.80. The Hall–Kier alpha value is -3.10. The summed E-state index contributed by atoms with van der Waals surface area (Å²) in [4.78, 5) is 24.3. The molecule has 124 valence electrons. The van der Waals surface area contributed by atoms with Gasteiger partial charge >= 0.3 is 0 Å². The maximum absolute atomic E-state index is 12.0. The summed E-state index contributed by atoms with van der Waals surface area (Å²) in [6.45, 7) is 3.97. The van der Waals surface area contributed by atoms with Crippen molar-refractivity contribution in [3.05, 3.63) is 42.7 Å². The molecule has 0 fully saturated rings. The Morgan fingerprint density at radius 3 is 2.88 bits per heavy atom. The van der Waals surface area contributed by atoms with Crippen LogP contribution in [0.15, 0.2) is 35.5 Å². The van der Waals surface area contributed by atoms with Gasteiger partial charge in [-0.25, -0.2) is 14.6 Å². The first kappa shape index (κ1) is 15.8. The number of amides is 1. The number of carbonyl (C=O) groups excluding carboxylic acids is 1. The van der Waals surface area contributed by atoms with E-state index in [4.69, 9.17) is 4.52 Å². The smallest absolute Gasteiger partial charge is 0.227 e. The van der Waals surface area contributed by atoms with Crippen molar-refractivity contribution in [1.29, 1.82) is 0 Å². The lowest BCUT2D eigenvalue weighted by Crippen LogP contribution is -2.13. The number of hydrogen-bond acceptors (Lipinski definition) is 7. The summed E-state index contributed by atoms with van der Waals surface area (Å²) >= 11 is 0. The lowest BCUT2D eigenvalue weighted by atomic mass is 10.2. The number of aromatic nitrogens is 6. The normalized spacial score (nSPS) is 11.0.